The first kappa shape index (κ1) is 29.2. The maximum atomic E-state index is 14.8. The van der Waals surface area contributed by atoms with Gasteiger partial charge in [0.25, 0.3) is 0 Å². The molecule has 3 aromatic carbocycles. The van der Waals surface area contributed by atoms with Crippen LogP contribution in [-0.4, -0.2) is 0 Å². The van der Waals surface area contributed by atoms with E-state index in [2.05, 4.69) is 0 Å². The standard InChI is InChI=1S/C26H6F10N4/c27-21-17(10-40)22(28)24(30)19(23(21)29)16(9-39)13-5-4-11(12(7-37)8-38)6-15(13)14-2-1-3-18(25(31,32)33)20(14)26(34,35)36/h1-6H/b16-13+. The summed E-state index contributed by atoms with van der Waals surface area (Å²) in [7, 11) is 0. The van der Waals surface area contributed by atoms with E-state index in [9.17, 15) is 49.2 Å². The zero-order valence-corrected chi connectivity index (χ0v) is 19.0. The summed E-state index contributed by atoms with van der Waals surface area (Å²) in [6, 6.07) is 8.02. The van der Waals surface area contributed by atoms with Crippen LogP contribution in [-0.2, 0) is 12.4 Å². The minimum Gasteiger partial charge on any atom is -0.203 e. The Kier molecular flexibility index (Phi) is 7.62. The molecule has 0 aromatic heterocycles. The number of nitrogens with zero attached hydrogens (tertiary/aromatic N) is 4. The molecule has 0 amide bonds. The Bertz CT molecular complexity index is 1810. The number of hydrogen-bond donors (Lipinski definition) is 0. The largest absolute Gasteiger partial charge is 0.417 e. The molecule has 0 N–H and O–H groups in total. The number of benzene rings is 3. The summed E-state index contributed by atoms with van der Waals surface area (Å²) in [5.74, 6) is -9.07. The van der Waals surface area contributed by atoms with E-state index >= 15 is 0 Å². The molecule has 0 saturated heterocycles. The van der Waals surface area contributed by atoms with E-state index in [1.165, 1.54) is 18.2 Å². The first-order chi connectivity index (χ1) is 18.6. The fourth-order valence-electron chi connectivity index (χ4n) is 3.81. The summed E-state index contributed by atoms with van der Waals surface area (Å²) in [5.41, 5.74) is -12.4. The second-order valence-corrected chi connectivity index (χ2v) is 7.69. The van der Waals surface area contributed by atoms with Crippen molar-refractivity contribution in [1.29, 1.82) is 21.0 Å². The molecule has 0 bridgehead atoms. The number of hydrogen-bond acceptors (Lipinski definition) is 4. The van der Waals surface area contributed by atoms with Crippen LogP contribution in [0.5, 0.6) is 0 Å². The number of halogens is 10. The lowest BCUT2D eigenvalue weighted by molar-refractivity contribution is -0.161. The van der Waals surface area contributed by atoms with Crippen molar-refractivity contribution in [2.24, 2.45) is 0 Å². The van der Waals surface area contributed by atoms with Crippen LogP contribution in [0, 0.1) is 68.6 Å². The van der Waals surface area contributed by atoms with Crippen molar-refractivity contribution in [3.8, 4) is 35.4 Å². The van der Waals surface area contributed by atoms with Crippen LogP contribution in [0.15, 0.2) is 36.4 Å². The quantitative estimate of drug-likeness (QED) is 0.293. The molecule has 0 heterocycles. The van der Waals surface area contributed by atoms with Crippen LogP contribution < -0.4 is 10.4 Å². The SMILES string of the molecule is N#CC(C#N)=c1cc/c(=C(/C#N)c2c(F)c(F)c(C#N)c(F)c2F)c(-c2cccc(C(F)(F)F)c2C(F)(F)F)c1. The molecule has 3 rings (SSSR count). The smallest absolute Gasteiger partial charge is 0.203 e. The average Bonchev–Trinajstić information content (AvgIpc) is 2.90. The van der Waals surface area contributed by atoms with Gasteiger partial charge in [0, 0.05) is 10.4 Å². The Labute approximate surface area is 216 Å². The molecule has 0 radical (unpaired) electrons. The van der Waals surface area contributed by atoms with E-state index in [0.717, 1.165) is 12.1 Å². The Morgan fingerprint density at radius 3 is 1.68 bits per heavy atom. The van der Waals surface area contributed by atoms with Gasteiger partial charge in [0.1, 0.15) is 35.4 Å². The number of rotatable bonds is 2. The molecule has 0 aliphatic carbocycles. The molecule has 200 valence electrons. The minimum absolute atomic E-state index is 0.0948. The number of nitriles is 4. The van der Waals surface area contributed by atoms with Gasteiger partial charge in [0.2, 0.25) is 0 Å². The third kappa shape index (κ3) is 4.91. The molecule has 14 heteroatoms. The average molecular weight is 564 g/mol. The van der Waals surface area contributed by atoms with Gasteiger partial charge in [-0.1, -0.05) is 24.3 Å². The second kappa shape index (κ2) is 10.4. The lowest BCUT2D eigenvalue weighted by Crippen LogP contribution is -2.22. The lowest BCUT2D eigenvalue weighted by atomic mass is 9.90. The molecule has 0 aliphatic rings. The van der Waals surface area contributed by atoms with Gasteiger partial charge in [-0.05, 0) is 23.3 Å². The third-order valence-corrected chi connectivity index (χ3v) is 5.48. The van der Waals surface area contributed by atoms with E-state index in [-0.39, 0.29) is 6.07 Å². The highest BCUT2D eigenvalue weighted by Gasteiger charge is 2.45. The maximum absolute atomic E-state index is 14.8. The van der Waals surface area contributed by atoms with Crippen molar-refractivity contribution in [3.63, 3.8) is 0 Å². The molecule has 0 fully saturated rings. The Hall–Kier alpha value is -5.34. The number of alkyl halides is 6. The Morgan fingerprint density at radius 2 is 1.23 bits per heavy atom. The highest BCUT2D eigenvalue weighted by Crippen LogP contribution is 2.44. The zero-order chi connectivity index (χ0) is 30.2. The fraction of sp³-hybridized carbons (Fsp3) is 0.0769. The van der Waals surface area contributed by atoms with E-state index in [1.54, 1.807) is 0 Å². The van der Waals surface area contributed by atoms with Gasteiger partial charge < -0.3 is 0 Å². The second-order valence-electron chi connectivity index (χ2n) is 7.69. The molecular weight excluding hydrogens is 558 g/mol. The van der Waals surface area contributed by atoms with Gasteiger partial charge >= 0.3 is 12.4 Å². The summed E-state index contributed by atoms with van der Waals surface area (Å²) < 4.78 is 141. The third-order valence-electron chi connectivity index (χ3n) is 5.48. The van der Waals surface area contributed by atoms with Crippen molar-refractivity contribution in [2.45, 2.75) is 12.4 Å². The monoisotopic (exact) mass is 564 g/mol. The van der Waals surface area contributed by atoms with E-state index in [0.29, 0.717) is 24.3 Å². The molecule has 0 spiro atoms. The van der Waals surface area contributed by atoms with E-state index in [1.807, 2.05) is 0 Å². The van der Waals surface area contributed by atoms with Crippen molar-refractivity contribution in [2.75, 3.05) is 0 Å². The highest BCUT2D eigenvalue weighted by atomic mass is 19.4. The van der Waals surface area contributed by atoms with Crippen molar-refractivity contribution < 1.29 is 43.9 Å². The van der Waals surface area contributed by atoms with E-state index < -0.39 is 90.6 Å². The molecule has 0 unspecified atom stereocenters. The van der Waals surface area contributed by atoms with Crippen molar-refractivity contribution in [3.05, 3.63) is 92.4 Å². The minimum atomic E-state index is -5.72. The van der Waals surface area contributed by atoms with Crippen molar-refractivity contribution in [1.82, 2.24) is 0 Å². The van der Waals surface area contributed by atoms with Gasteiger partial charge in [0.15, 0.2) is 23.3 Å². The van der Waals surface area contributed by atoms with Gasteiger partial charge in [-0.3, -0.25) is 0 Å². The van der Waals surface area contributed by atoms with Crippen molar-refractivity contribution >= 4 is 11.1 Å². The topological polar surface area (TPSA) is 95.2 Å². The summed E-state index contributed by atoms with van der Waals surface area (Å²) in [5, 5.41) is 35.4. The van der Waals surface area contributed by atoms with Gasteiger partial charge in [-0.25, -0.2) is 17.6 Å². The molecule has 0 saturated carbocycles. The van der Waals surface area contributed by atoms with Crippen LogP contribution in [0.3, 0.4) is 0 Å². The predicted molar refractivity (Wildman–Crippen MR) is 115 cm³/mol. The van der Waals surface area contributed by atoms with Crippen LogP contribution in [0.25, 0.3) is 22.3 Å². The van der Waals surface area contributed by atoms with Crippen LogP contribution >= 0.6 is 0 Å². The summed E-state index contributed by atoms with van der Waals surface area (Å²) in [6.45, 7) is 0. The van der Waals surface area contributed by atoms with Gasteiger partial charge in [0.05, 0.1) is 22.3 Å². The van der Waals surface area contributed by atoms with Crippen LogP contribution in [0.4, 0.5) is 43.9 Å². The first-order valence-electron chi connectivity index (χ1n) is 10.3. The van der Waals surface area contributed by atoms with Gasteiger partial charge in [-0.2, -0.15) is 47.4 Å². The van der Waals surface area contributed by atoms with Crippen LogP contribution in [0.1, 0.15) is 22.3 Å². The molecular formula is C26H6F10N4. The summed E-state index contributed by atoms with van der Waals surface area (Å²) in [6.07, 6.45) is -11.3. The molecule has 40 heavy (non-hydrogen) atoms. The first-order valence-corrected chi connectivity index (χ1v) is 10.3. The van der Waals surface area contributed by atoms with E-state index in [4.69, 9.17) is 15.8 Å². The normalized spacial score (nSPS) is 12.1. The summed E-state index contributed by atoms with van der Waals surface area (Å²) >= 11 is 0. The van der Waals surface area contributed by atoms with Gasteiger partial charge in [-0.15, -0.1) is 0 Å². The zero-order valence-electron chi connectivity index (χ0n) is 19.0. The fourth-order valence-corrected chi connectivity index (χ4v) is 3.81. The van der Waals surface area contributed by atoms with Crippen LogP contribution in [0.2, 0.25) is 0 Å². The maximum Gasteiger partial charge on any atom is 0.417 e. The Morgan fingerprint density at radius 1 is 0.650 bits per heavy atom. The molecule has 0 atom stereocenters. The molecule has 3 aromatic rings. The molecule has 0 aliphatic heterocycles. The molecule has 4 nitrogen and oxygen atoms in total. The predicted octanol–water partition coefficient (Wildman–Crippen LogP) is 5.74. The highest BCUT2D eigenvalue weighted by molar-refractivity contribution is 5.84. The lowest BCUT2D eigenvalue weighted by Gasteiger charge is -2.20. The summed E-state index contributed by atoms with van der Waals surface area (Å²) in [4.78, 5) is 0. The Balaban J connectivity index is 2.76.